The smallest absolute Gasteiger partial charge is 0.144 e. The second kappa shape index (κ2) is 6.29. The summed E-state index contributed by atoms with van der Waals surface area (Å²) < 4.78 is 2.60. The van der Waals surface area contributed by atoms with Crippen molar-refractivity contribution in [1.29, 1.82) is 0 Å². The summed E-state index contributed by atoms with van der Waals surface area (Å²) in [5.74, 6) is 1.28. The largest absolute Gasteiger partial charge is 0.346 e. The first-order chi connectivity index (χ1) is 8.97. The zero-order valence-electron chi connectivity index (χ0n) is 10.7. The molecule has 0 unspecified atom stereocenters. The number of hydrogen-bond acceptors (Lipinski definition) is 2. The van der Waals surface area contributed by atoms with E-state index in [1.54, 1.807) is 0 Å². The van der Waals surface area contributed by atoms with Crippen molar-refractivity contribution >= 4 is 44.1 Å². The van der Waals surface area contributed by atoms with Crippen LogP contribution in [-0.2, 0) is 6.42 Å². The van der Waals surface area contributed by atoms with Crippen LogP contribution in [0, 0.1) is 4.64 Å². The highest BCUT2D eigenvalue weighted by Gasteiger charge is 2.10. The van der Waals surface area contributed by atoms with Crippen LogP contribution in [0.1, 0.15) is 36.8 Å². The second-order valence-electron chi connectivity index (χ2n) is 4.67. The van der Waals surface area contributed by atoms with Crippen molar-refractivity contribution in [2.75, 3.05) is 0 Å². The van der Waals surface area contributed by atoms with Gasteiger partial charge in [-0.15, -0.1) is 0 Å². The fourth-order valence-corrected chi connectivity index (χ4v) is 2.93. The highest BCUT2D eigenvalue weighted by molar-refractivity contribution is 9.10. The van der Waals surface area contributed by atoms with E-state index >= 15 is 0 Å². The molecule has 0 fully saturated rings. The highest BCUT2D eigenvalue weighted by Crippen LogP contribution is 2.24. The molecule has 0 radical (unpaired) electrons. The maximum atomic E-state index is 5.30. The van der Waals surface area contributed by atoms with Crippen LogP contribution in [0.4, 0.5) is 0 Å². The minimum absolute atomic E-state index is 0.378. The minimum Gasteiger partial charge on any atom is -0.346 e. The first-order valence-electron chi connectivity index (χ1n) is 6.00. The summed E-state index contributed by atoms with van der Waals surface area (Å²) in [5.41, 5.74) is 2.31. The van der Waals surface area contributed by atoms with Crippen LogP contribution in [0.3, 0.4) is 0 Å². The van der Waals surface area contributed by atoms with Crippen LogP contribution in [0.2, 0.25) is 0 Å². The summed E-state index contributed by atoms with van der Waals surface area (Å²) in [5, 5.41) is 0. The molecule has 2 nitrogen and oxygen atoms in total. The third-order valence-corrected chi connectivity index (χ3v) is 4.69. The van der Waals surface area contributed by atoms with Crippen molar-refractivity contribution in [3.63, 3.8) is 0 Å². The number of halogens is 2. The zero-order valence-corrected chi connectivity index (χ0v) is 14.7. The summed E-state index contributed by atoms with van der Waals surface area (Å²) in [6, 6.07) is 8.23. The molecule has 1 aromatic carbocycles. The summed E-state index contributed by atoms with van der Waals surface area (Å²) in [6.07, 6.45) is 0.754. The number of rotatable bonds is 3. The van der Waals surface area contributed by atoms with Gasteiger partial charge in [0, 0.05) is 16.6 Å². The summed E-state index contributed by atoms with van der Waals surface area (Å²) in [4.78, 5) is 7.81. The average Bonchev–Trinajstić information content (AvgIpc) is 2.36. The van der Waals surface area contributed by atoms with Crippen LogP contribution in [0.15, 0.2) is 33.2 Å². The topological polar surface area (TPSA) is 28.7 Å². The summed E-state index contributed by atoms with van der Waals surface area (Å²) in [6.45, 7) is 4.27. The number of nitrogens with zero attached hydrogens (tertiary/aromatic N) is 1. The number of nitrogens with one attached hydrogen (secondary N) is 1. The molecule has 2 aromatic rings. The van der Waals surface area contributed by atoms with E-state index in [1.807, 2.05) is 12.1 Å². The fraction of sp³-hybridized carbons (Fsp3) is 0.286. The maximum Gasteiger partial charge on any atom is 0.144 e. The van der Waals surface area contributed by atoms with Gasteiger partial charge in [-0.05, 0) is 39.5 Å². The van der Waals surface area contributed by atoms with E-state index in [2.05, 4.69) is 67.8 Å². The Morgan fingerprint density at radius 3 is 2.42 bits per heavy atom. The van der Waals surface area contributed by atoms with Gasteiger partial charge in [0.25, 0.3) is 0 Å². The lowest BCUT2D eigenvalue weighted by Gasteiger charge is -2.11. The van der Waals surface area contributed by atoms with E-state index in [9.17, 15) is 0 Å². The van der Waals surface area contributed by atoms with Gasteiger partial charge in [0.2, 0.25) is 0 Å². The molecule has 0 amide bonds. The molecule has 0 atom stereocenters. The van der Waals surface area contributed by atoms with E-state index in [-0.39, 0.29) is 0 Å². The summed E-state index contributed by atoms with van der Waals surface area (Å²) >= 11 is 12.2. The number of benzene rings is 1. The van der Waals surface area contributed by atoms with E-state index in [0.717, 1.165) is 26.9 Å². The Hall–Kier alpha value is -0.520. The van der Waals surface area contributed by atoms with Crippen molar-refractivity contribution in [2.45, 2.75) is 26.2 Å². The van der Waals surface area contributed by atoms with Crippen LogP contribution in [-0.4, -0.2) is 9.97 Å². The first kappa shape index (κ1) is 14.9. The molecule has 0 bridgehead atoms. The molecule has 19 heavy (non-hydrogen) atoms. The minimum atomic E-state index is 0.378. The molecule has 1 heterocycles. The molecular weight excluding hydrogens is 388 g/mol. The molecule has 0 saturated carbocycles. The Balaban J connectivity index is 2.35. The molecule has 0 aliphatic heterocycles. The van der Waals surface area contributed by atoms with Crippen LogP contribution < -0.4 is 0 Å². The fourth-order valence-electron chi connectivity index (χ4n) is 1.80. The lowest BCUT2D eigenvalue weighted by atomic mass is 10.1. The van der Waals surface area contributed by atoms with Crippen molar-refractivity contribution in [1.82, 2.24) is 9.97 Å². The molecule has 0 spiro atoms. The lowest BCUT2D eigenvalue weighted by Crippen LogP contribution is -2.04. The molecule has 1 aromatic heterocycles. The lowest BCUT2D eigenvalue weighted by molar-refractivity contribution is 0.780. The molecule has 0 saturated heterocycles. The van der Waals surface area contributed by atoms with Crippen molar-refractivity contribution in [3.8, 4) is 0 Å². The molecule has 2 rings (SSSR count). The van der Waals surface area contributed by atoms with Gasteiger partial charge in [-0.1, -0.05) is 54.1 Å². The molecular formula is C14H14Br2N2S. The number of H-pyrrole nitrogens is 1. The Morgan fingerprint density at radius 1 is 1.21 bits per heavy atom. The Morgan fingerprint density at radius 2 is 1.84 bits per heavy atom. The zero-order chi connectivity index (χ0) is 14.0. The van der Waals surface area contributed by atoms with E-state index in [4.69, 9.17) is 12.2 Å². The van der Waals surface area contributed by atoms with Gasteiger partial charge in [-0.3, -0.25) is 0 Å². The highest BCUT2D eigenvalue weighted by atomic mass is 79.9. The molecule has 100 valence electrons. The van der Waals surface area contributed by atoms with Crippen molar-refractivity contribution < 1.29 is 0 Å². The number of hydrogen-bond donors (Lipinski definition) is 1. The third kappa shape index (κ3) is 3.74. The monoisotopic (exact) mass is 400 g/mol. The molecule has 0 aliphatic carbocycles. The SMILES string of the molecule is CC(C)c1[nH]c(Cc2ccc(Br)cc2)nc(=S)c1Br. The van der Waals surface area contributed by atoms with Crippen LogP contribution in [0.5, 0.6) is 0 Å². The normalized spacial score (nSPS) is 11.0. The van der Waals surface area contributed by atoms with Gasteiger partial charge in [-0.25, -0.2) is 4.98 Å². The van der Waals surface area contributed by atoms with Gasteiger partial charge < -0.3 is 4.98 Å². The van der Waals surface area contributed by atoms with Gasteiger partial charge in [0.05, 0.1) is 4.47 Å². The predicted molar refractivity (Wildman–Crippen MR) is 88.2 cm³/mol. The third-order valence-electron chi connectivity index (χ3n) is 2.80. The van der Waals surface area contributed by atoms with Gasteiger partial charge >= 0.3 is 0 Å². The van der Waals surface area contributed by atoms with E-state index in [0.29, 0.717) is 10.6 Å². The first-order valence-corrected chi connectivity index (χ1v) is 8.00. The molecule has 1 N–H and O–H groups in total. The van der Waals surface area contributed by atoms with Crippen molar-refractivity contribution in [3.05, 3.63) is 54.9 Å². The summed E-state index contributed by atoms with van der Waals surface area (Å²) in [7, 11) is 0. The van der Waals surface area contributed by atoms with Crippen molar-refractivity contribution in [2.24, 2.45) is 0 Å². The predicted octanol–water partition coefficient (Wildman–Crippen LogP) is 5.38. The Labute approximate surface area is 134 Å². The van der Waals surface area contributed by atoms with Crippen LogP contribution in [0.25, 0.3) is 0 Å². The average molecular weight is 402 g/mol. The standard InChI is InChI=1S/C14H14Br2N2S/c1-8(2)13-12(16)14(19)18-11(17-13)7-9-3-5-10(15)6-4-9/h3-6,8H,7H2,1-2H3,(H,17,18,19). The number of aromatic amines is 1. The van der Waals surface area contributed by atoms with E-state index in [1.165, 1.54) is 5.56 Å². The Kier molecular flexibility index (Phi) is 4.92. The Bertz CT molecular complexity index is 633. The molecule has 0 aliphatic rings. The van der Waals surface area contributed by atoms with Gasteiger partial charge in [-0.2, -0.15) is 0 Å². The van der Waals surface area contributed by atoms with E-state index < -0.39 is 0 Å². The van der Waals surface area contributed by atoms with Crippen LogP contribution >= 0.6 is 44.1 Å². The maximum absolute atomic E-state index is 5.30. The van der Waals surface area contributed by atoms with Gasteiger partial charge in [0.1, 0.15) is 10.5 Å². The number of aromatic nitrogens is 2. The molecule has 5 heteroatoms. The van der Waals surface area contributed by atoms with Gasteiger partial charge in [0.15, 0.2) is 0 Å². The quantitative estimate of drug-likeness (QED) is 0.699. The second-order valence-corrected chi connectivity index (χ2v) is 6.77.